The number of aromatic hydroxyl groups is 1. The number of pyridine rings is 1. The molecular weight excluding hydrogens is 399 g/mol. The molecule has 0 bridgehead atoms. The van der Waals surface area contributed by atoms with E-state index in [-0.39, 0.29) is 23.6 Å². The third-order valence-electron chi connectivity index (χ3n) is 4.13. The molecule has 0 fully saturated rings. The van der Waals surface area contributed by atoms with Crippen LogP contribution in [-0.2, 0) is 12.7 Å². The SMILES string of the molecule is CC.Cc1nc(NCc2cc(N)cc(C(F)(F)F)c2)c2cc(O)c3nncn3c2n1. The number of nitrogens with zero attached hydrogens (tertiary/aromatic N) is 5. The van der Waals surface area contributed by atoms with Gasteiger partial charge in [-0.3, -0.25) is 4.40 Å². The Hall–Kier alpha value is -3.63. The summed E-state index contributed by atoms with van der Waals surface area (Å²) in [6, 6.07) is 4.79. The molecule has 3 aromatic heterocycles. The fourth-order valence-corrected chi connectivity index (χ4v) is 2.95. The molecule has 4 aromatic rings. The van der Waals surface area contributed by atoms with Crippen LogP contribution in [0.15, 0.2) is 30.6 Å². The summed E-state index contributed by atoms with van der Waals surface area (Å²) < 4.78 is 40.5. The van der Waals surface area contributed by atoms with E-state index < -0.39 is 11.7 Å². The van der Waals surface area contributed by atoms with E-state index in [4.69, 9.17) is 5.73 Å². The number of anilines is 2. The molecule has 0 aliphatic rings. The monoisotopic (exact) mass is 419 g/mol. The Morgan fingerprint density at radius 2 is 1.83 bits per heavy atom. The van der Waals surface area contributed by atoms with E-state index in [1.807, 2.05) is 13.8 Å². The average Bonchev–Trinajstić information content (AvgIpc) is 3.18. The summed E-state index contributed by atoms with van der Waals surface area (Å²) in [5, 5.41) is 21.2. The number of aromatic nitrogens is 5. The van der Waals surface area contributed by atoms with Crippen molar-refractivity contribution in [1.29, 1.82) is 0 Å². The van der Waals surface area contributed by atoms with Gasteiger partial charge in [-0.25, -0.2) is 9.97 Å². The maximum atomic E-state index is 13.0. The number of hydrogen-bond donors (Lipinski definition) is 3. The summed E-state index contributed by atoms with van der Waals surface area (Å²) in [7, 11) is 0. The van der Waals surface area contributed by atoms with Crippen LogP contribution in [0, 0.1) is 6.92 Å². The van der Waals surface area contributed by atoms with Crippen LogP contribution in [0.3, 0.4) is 0 Å². The molecule has 8 nitrogen and oxygen atoms in total. The quantitative estimate of drug-likeness (QED) is 0.431. The fraction of sp³-hybridized carbons (Fsp3) is 0.263. The lowest BCUT2D eigenvalue weighted by atomic mass is 10.1. The lowest BCUT2D eigenvalue weighted by Crippen LogP contribution is -2.09. The largest absolute Gasteiger partial charge is 0.504 e. The van der Waals surface area contributed by atoms with Crippen molar-refractivity contribution in [3.63, 3.8) is 0 Å². The van der Waals surface area contributed by atoms with Crippen molar-refractivity contribution in [2.24, 2.45) is 0 Å². The van der Waals surface area contributed by atoms with Gasteiger partial charge in [0.05, 0.1) is 10.9 Å². The molecule has 0 atom stereocenters. The molecule has 158 valence electrons. The van der Waals surface area contributed by atoms with Crippen molar-refractivity contribution in [2.45, 2.75) is 33.5 Å². The van der Waals surface area contributed by atoms with Crippen molar-refractivity contribution >= 4 is 28.2 Å². The van der Waals surface area contributed by atoms with Crippen molar-refractivity contribution in [2.75, 3.05) is 11.1 Å². The smallest absolute Gasteiger partial charge is 0.416 e. The molecule has 1 aromatic carbocycles. The Morgan fingerprint density at radius 3 is 2.53 bits per heavy atom. The number of halogens is 3. The molecule has 3 heterocycles. The van der Waals surface area contributed by atoms with Gasteiger partial charge in [-0.15, -0.1) is 10.2 Å². The van der Waals surface area contributed by atoms with Crippen LogP contribution in [0.25, 0.3) is 16.7 Å². The number of benzene rings is 1. The maximum Gasteiger partial charge on any atom is 0.416 e. The fourth-order valence-electron chi connectivity index (χ4n) is 2.95. The summed E-state index contributed by atoms with van der Waals surface area (Å²) in [4.78, 5) is 8.65. The zero-order valence-corrected chi connectivity index (χ0v) is 16.5. The standard InChI is InChI=1S/C17H14F3N7O.C2H6/c1-8-24-14(12-5-13(28)16-26-23-7-27(16)15(12)25-8)22-6-9-2-10(17(18,19)20)4-11(21)3-9;1-2/h2-5,7,28H,6,21H2,1H3,(H,22,24,25);1-2H3. The third kappa shape index (κ3) is 4.04. The van der Waals surface area contributed by atoms with Crippen LogP contribution < -0.4 is 11.1 Å². The van der Waals surface area contributed by atoms with Crippen molar-refractivity contribution in [1.82, 2.24) is 24.6 Å². The Bertz CT molecular complexity index is 1200. The van der Waals surface area contributed by atoms with Gasteiger partial charge in [0.15, 0.2) is 11.4 Å². The Balaban J connectivity index is 0.00000124. The maximum absolute atomic E-state index is 13.0. The zero-order valence-electron chi connectivity index (χ0n) is 16.5. The molecule has 0 unspecified atom stereocenters. The molecule has 0 amide bonds. The van der Waals surface area contributed by atoms with E-state index in [0.29, 0.717) is 28.2 Å². The normalized spacial score (nSPS) is 11.4. The van der Waals surface area contributed by atoms with E-state index in [2.05, 4.69) is 25.5 Å². The number of nitrogens with one attached hydrogen (secondary N) is 1. The summed E-state index contributed by atoms with van der Waals surface area (Å²) in [5.74, 6) is 0.660. The van der Waals surface area contributed by atoms with E-state index >= 15 is 0 Å². The Labute approximate surface area is 169 Å². The predicted octanol–water partition coefficient (Wildman–Crippen LogP) is 3.93. The third-order valence-corrected chi connectivity index (χ3v) is 4.13. The van der Waals surface area contributed by atoms with Gasteiger partial charge in [-0.2, -0.15) is 13.2 Å². The molecule has 0 saturated heterocycles. The van der Waals surface area contributed by atoms with Crippen molar-refractivity contribution in [3.8, 4) is 5.75 Å². The van der Waals surface area contributed by atoms with Gasteiger partial charge in [0.2, 0.25) is 5.65 Å². The molecule has 0 saturated carbocycles. The Kier molecular flexibility index (Phi) is 5.63. The number of nitrogen functional groups attached to an aromatic ring is 1. The minimum absolute atomic E-state index is 0.0131. The summed E-state index contributed by atoms with van der Waals surface area (Å²) in [5.41, 5.74) is 5.83. The molecule has 4 N–H and O–H groups in total. The van der Waals surface area contributed by atoms with Gasteiger partial charge in [0.25, 0.3) is 0 Å². The van der Waals surface area contributed by atoms with Crippen LogP contribution in [0.4, 0.5) is 24.7 Å². The second-order valence-corrected chi connectivity index (χ2v) is 6.23. The number of alkyl halides is 3. The highest BCUT2D eigenvalue weighted by atomic mass is 19.4. The van der Waals surface area contributed by atoms with E-state index in [0.717, 1.165) is 12.1 Å². The van der Waals surface area contributed by atoms with Gasteiger partial charge in [-0.1, -0.05) is 13.8 Å². The van der Waals surface area contributed by atoms with Gasteiger partial charge < -0.3 is 16.2 Å². The number of aryl methyl sites for hydroxylation is 1. The van der Waals surface area contributed by atoms with Crippen LogP contribution >= 0.6 is 0 Å². The van der Waals surface area contributed by atoms with Crippen molar-refractivity contribution < 1.29 is 18.3 Å². The first-order chi connectivity index (χ1) is 14.2. The number of hydrogen-bond acceptors (Lipinski definition) is 7. The molecule has 30 heavy (non-hydrogen) atoms. The van der Waals surface area contributed by atoms with Crippen LogP contribution in [0.1, 0.15) is 30.8 Å². The minimum Gasteiger partial charge on any atom is -0.504 e. The topological polar surface area (TPSA) is 114 Å². The van der Waals surface area contributed by atoms with Crippen LogP contribution in [0.2, 0.25) is 0 Å². The second-order valence-electron chi connectivity index (χ2n) is 6.23. The molecule has 11 heteroatoms. The molecule has 0 spiro atoms. The number of nitrogens with two attached hydrogens (primary N) is 1. The number of rotatable bonds is 3. The second kappa shape index (κ2) is 8.01. The molecule has 0 aliphatic heterocycles. The lowest BCUT2D eigenvalue weighted by molar-refractivity contribution is -0.137. The highest BCUT2D eigenvalue weighted by Gasteiger charge is 2.31. The van der Waals surface area contributed by atoms with Gasteiger partial charge in [-0.05, 0) is 36.8 Å². The van der Waals surface area contributed by atoms with Gasteiger partial charge in [0.1, 0.15) is 18.0 Å². The van der Waals surface area contributed by atoms with Gasteiger partial charge in [0, 0.05) is 12.2 Å². The summed E-state index contributed by atoms with van der Waals surface area (Å²) in [6.07, 6.45) is -3.09. The lowest BCUT2D eigenvalue weighted by Gasteiger charge is -2.13. The van der Waals surface area contributed by atoms with E-state index in [9.17, 15) is 18.3 Å². The summed E-state index contributed by atoms with van der Waals surface area (Å²) in [6.45, 7) is 5.72. The average molecular weight is 419 g/mol. The molecule has 4 rings (SSSR count). The van der Waals surface area contributed by atoms with Crippen LogP contribution in [-0.4, -0.2) is 29.7 Å². The summed E-state index contributed by atoms with van der Waals surface area (Å²) >= 11 is 0. The van der Waals surface area contributed by atoms with Crippen LogP contribution in [0.5, 0.6) is 5.75 Å². The Morgan fingerprint density at radius 1 is 1.10 bits per heavy atom. The number of fused-ring (bicyclic) bond motifs is 3. The highest BCUT2D eigenvalue weighted by Crippen LogP contribution is 2.32. The highest BCUT2D eigenvalue weighted by molar-refractivity contribution is 5.90. The van der Waals surface area contributed by atoms with Crippen molar-refractivity contribution in [3.05, 3.63) is 47.5 Å². The van der Waals surface area contributed by atoms with Gasteiger partial charge >= 0.3 is 6.18 Å². The van der Waals surface area contributed by atoms with E-state index in [1.54, 1.807) is 6.92 Å². The molecule has 0 radical (unpaired) electrons. The predicted molar refractivity (Wildman–Crippen MR) is 107 cm³/mol. The first-order valence-corrected chi connectivity index (χ1v) is 9.13. The first kappa shape index (κ1) is 21.1. The molecular formula is C19H20F3N7O. The van der Waals surface area contributed by atoms with E-state index in [1.165, 1.54) is 22.9 Å². The zero-order chi connectivity index (χ0) is 22.1. The molecule has 0 aliphatic carbocycles. The minimum atomic E-state index is -4.49. The first-order valence-electron chi connectivity index (χ1n) is 9.13.